The van der Waals surface area contributed by atoms with Gasteiger partial charge in [0.15, 0.2) is 0 Å². The van der Waals surface area contributed by atoms with Crippen LogP contribution in [-0.4, -0.2) is 12.1 Å². The van der Waals surface area contributed by atoms with E-state index in [0.717, 1.165) is 49.3 Å². The quantitative estimate of drug-likeness (QED) is 0.696. The predicted octanol–water partition coefficient (Wildman–Crippen LogP) is 5.21. The fourth-order valence-corrected chi connectivity index (χ4v) is 3.71. The number of thiazole rings is 1. The standard InChI is InChI=1S/C19H19ClN2OS/c1-11-7-16(23-3)17(12(2)18(11)20)15-10-24-19(22-15)14-6-4-5-13(8-14)9-21/h4-8,10H,9,21H2,1-3H3. The molecule has 1 heterocycles. The summed E-state index contributed by atoms with van der Waals surface area (Å²) in [5.74, 6) is 0.793. The van der Waals surface area contributed by atoms with Crippen LogP contribution in [0.5, 0.6) is 5.75 Å². The molecule has 2 aromatic carbocycles. The average molecular weight is 359 g/mol. The molecule has 2 N–H and O–H groups in total. The third-order valence-electron chi connectivity index (χ3n) is 4.03. The maximum absolute atomic E-state index is 6.43. The van der Waals surface area contributed by atoms with Gasteiger partial charge in [-0.2, -0.15) is 0 Å². The zero-order chi connectivity index (χ0) is 17.3. The Morgan fingerprint density at radius 2 is 2.04 bits per heavy atom. The van der Waals surface area contributed by atoms with Crippen LogP contribution < -0.4 is 10.5 Å². The van der Waals surface area contributed by atoms with Crippen LogP contribution in [0.25, 0.3) is 21.8 Å². The number of methoxy groups -OCH3 is 1. The predicted molar refractivity (Wildman–Crippen MR) is 102 cm³/mol. The molecule has 0 fully saturated rings. The van der Waals surface area contributed by atoms with Crippen molar-refractivity contribution in [3.63, 3.8) is 0 Å². The highest BCUT2D eigenvalue weighted by atomic mass is 35.5. The van der Waals surface area contributed by atoms with Crippen LogP contribution >= 0.6 is 22.9 Å². The van der Waals surface area contributed by atoms with Crippen LogP contribution in [0.4, 0.5) is 0 Å². The molecule has 5 heteroatoms. The summed E-state index contributed by atoms with van der Waals surface area (Å²) in [7, 11) is 1.67. The Balaban J connectivity index is 2.10. The van der Waals surface area contributed by atoms with E-state index in [2.05, 4.69) is 6.07 Å². The number of halogens is 1. The molecule has 3 rings (SSSR count). The number of rotatable bonds is 4. The van der Waals surface area contributed by atoms with Crippen molar-refractivity contribution in [1.82, 2.24) is 4.98 Å². The van der Waals surface area contributed by atoms with Gasteiger partial charge in [-0.1, -0.05) is 29.8 Å². The summed E-state index contributed by atoms with van der Waals surface area (Å²) < 4.78 is 5.56. The number of aryl methyl sites for hydroxylation is 1. The van der Waals surface area contributed by atoms with Crippen molar-refractivity contribution in [3.8, 4) is 27.6 Å². The second-order valence-electron chi connectivity index (χ2n) is 5.65. The second-order valence-corrected chi connectivity index (χ2v) is 6.89. The molecule has 0 saturated carbocycles. The van der Waals surface area contributed by atoms with Crippen molar-refractivity contribution in [2.24, 2.45) is 5.73 Å². The minimum absolute atomic E-state index is 0.520. The van der Waals surface area contributed by atoms with E-state index >= 15 is 0 Å². The highest BCUT2D eigenvalue weighted by Crippen LogP contribution is 2.40. The van der Waals surface area contributed by atoms with E-state index in [-0.39, 0.29) is 0 Å². The van der Waals surface area contributed by atoms with Crippen LogP contribution in [0.15, 0.2) is 35.7 Å². The molecule has 3 aromatic rings. The molecule has 0 saturated heterocycles. The number of benzene rings is 2. The molecule has 3 nitrogen and oxygen atoms in total. The fourth-order valence-electron chi connectivity index (χ4n) is 2.75. The lowest BCUT2D eigenvalue weighted by atomic mass is 10.0. The molecule has 0 aliphatic heterocycles. The summed E-state index contributed by atoms with van der Waals surface area (Å²) >= 11 is 8.04. The van der Waals surface area contributed by atoms with Crippen LogP contribution in [0.1, 0.15) is 16.7 Å². The lowest BCUT2D eigenvalue weighted by Crippen LogP contribution is -1.96. The van der Waals surface area contributed by atoms with Crippen LogP contribution in [0.2, 0.25) is 5.02 Å². The molecule has 0 atom stereocenters. The third kappa shape index (κ3) is 3.05. The van der Waals surface area contributed by atoms with Gasteiger partial charge in [-0.15, -0.1) is 11.3 Å². The van der Waals surface area contributed by atoms with E-state index in [1.54, 1.807) is 18.4 Å². The van der Waals surface area contributed by atoms with Gasteiger partial charge in [0.1, 0.15) is 10.8 Å². The average Bonchev–Trinajstić information content (AvgIpc) is 3.09. The second kappa shape index (κ2) is 6.93. The monoisotopic (exact) mass is 358 g/mol. The maximum atomic E-state index is 6.43. The highest BCUT2D eigenvalue weighted by Gasteiger charge is 2.17. The van der Waals surface area contributed by atoms with Crippen LogP contribution in [0, 0.1) is 13.8 Å². The van der Waals surface area contributed by atoms with Gasteiger partial charge in [-0.3, -0.25) is 0 Å². The molecule has 1 aromatic heterocycles. The SMILES string of the molecule is COc1cc(C)c(Cl)c(C)c1-c1csc(-c2cccc(CN)c2)n1. The Morgan fingerprint density at radius 1 is 1.25 bits per heavy atom. The van der Waals surface area contributed by atoms with Gasteiger partial charge < -0.3 is 10.5 Å². The fraction of sp³-hybridized carbons (Fsp3) is 0.211. The number of aromatic nitrogens is 1. The lowest BCUT2D eigenvalue weighted by molar-refractivity contribution is 0.415. The zero-order valence-corrected chi connectivity index (χ0v) is 15.5. The minimum atomic E-state index is 0.520. The van der Waals surface area contributed by atoms with Gasteiger partial charge >= 0.3 is 0 Å². The Morgan fingerprint density at radius 3 is 2.75 bits per heavy atom. The van der Waals surface area contributed by atoms with Crippen LogP contribution in [0.3, 0.4) is 0 Å². The van der Waals surface area contributed by atoms with Crippen molar-refractivity contribution in [2.75, 3.05) is 7.11 Å². The largest absolute Gasteiger partial charge is 0.496 e. The van der Waals surface area contributed by atoms with Crippen LogP contribution in [-0.2, 0) is 6.54 Å². The minimum Gasteiger partial charge on any atom is -0.496 e. The van der Waals surface area contributed by atoms with E-state index in [4.69, 9.17) is 27.1 Å². The Labute approximate surface area is 151 Å². The molecule has 124 valence electrons. The number of ether oxygens (including phenoxy) is 1. The number of hydrogen-bond donors (Lipinski definition) is 1. The maximum Gasteiger partial charge on any atom is 0.128 e. The van der Waals surface area contributed by atoms with Gasteiger partial charge in [0.2, 0.25) is 0 Å². The first-order valence-electron chi connectivity index (χ1n) is 7.64. The summed E-state index contributed by atoms with van der Waals surface area (Å²) in [5.41, 5.74) is 11.7. The molecule has 0 bridgehead atoms. The van der Waals surface area contributed by atoms with Gasteiger partial charge in [0.25, 0.3) is 0 Å². The molecular weight excluding hydrogens is 340 g/mol. The number of hydrogen-bond acceptors (Lipinski definition) is 4. The first-order valence-corrected chi connectivity index (χ1v) is 8.90. The van der Waals surface area contributed by atoms with Crippen molar-refractivity contribution in [1.29, 1.82) is 0 Å². The van der Waals surface area contributed by atoms with Crippen molar-refractivity contribution >= 4 is 22.9 Å². The summed E-state index contributed by atoms with van der Waals surface area (Å²) in [6.07, 6.45) is 0. The first-order chi connectivity index (χ1) is 11.5. The highest BCUT2D eigenvalue weighted by molar-refractivity contribution is 7.13. The molecule has 0 spiro atoms. The van der Waals surface area contributed by atoms with E-state index in [9.17, 15) is 0 Å². The number of nitrogens with two attached hydrogens (primary N) is 1. The zero-order valence-electron chi connectivity index (χ0n) is 13.9. The lowest BCUT2D eigenvalue weighted by Gasteiger charge is -2.13. The Hall–Kier alpha value is -1.88. The third-order valence-corrected chi connectivity index (χ3v) is 5.51. The van der Waals surface area contributed by atoms with Gasteiger partial charge in [-0.25, -0.2) is 4.98 Å². The summed E-state index contributed by atoms with van der Waals surface area (Å²) in [6.45, 7) is 4.50. The molecule has 0 aliphatic carbocycles. The molecule has 24 heavy (non-hydrogen) atoms. The van der Waals surface area contributed by atoms with Crippen molar-refractivity contribution < 1.29 is 4.74 Å². The smallest absolute Gasteiger partial charge is 0.128 e. The van der Waals surface area contributed by atoms with Crippen molar-refractivity contribution in [3.05, 3.63) is 57.4 Å². The van der Waals surface area contributed by atoms with Gasteiger partial charge in [0.05, 0.1) is 12.8 Å². The normalized spacial score (nSPS) is 10.9. The summed E-state index contributed by atoms with van der Waals surface area (Å²) in [5, 5.41) is 3.75. The molecule has 0 unspecified atom stereocenters. The Bertz CT molecular complexity index is 889. The summed E-state index contributed by atoms with van der Waals surface area (Å²) in [4.78, 5) is 4.81. The number of nitrogens with zero attached hydrogens (tertiary/aromatic N) is 1. The molecule has 0 radical (unpaired) electrons. The van der Waals surface area contributed by atoms with E-state index in [1.165, 1.54) is 0 Å². The summed E-state index contributed by atoms with van der Waals surface area (Å²) in [6, 6.07) is 10.1. The van der Waals surface area contributed by atoms with Crippen molar-refractivity contribution in [2.45, 2.75) is 20.4 Å². The van der Waals surface area contributed by atoms with E-state index < -0.39 is 0 Å². The molecular formula is C19H19ClN2OS. The van der Waals surface area contributed by atoms with Gasteiger partial charge in [-0.05, 0) is 42.7 Å². The first kappa shape index (κ1) is 17.0. The topological polar surface area (TPSA) is 48.1 Å². The van der Waals surface area contributed by atoms with Gasteiger partial charge in [0, 0.05) is 28.1 Å². The van der Waals surface area contributed by atoms with E-state index in [1.807, 2.05) is 43.5 Å². The molecule has 0 amide bonds. The Kier molecular flexibility index (Phi) is 4.90. The molecule has 0 aliphatic rings. The van der Waals surface area contributed by atoms with E-state index in [0.29, 0.717) is 6.54 Å².